The predicted octanol–water partition coefficient (Wildman–Crippen LogP) is 3.97. The molecule has 0 saturated heterocycles. The Labute approximate surface area is 141 Å². The van der Waals surface area contributed by atoms with Gasteiger partial charge in [-0.1, -0.05) is 18.2 Å². The van der Waals surface area contributed by atoms with Crippen molar-refractivity contribution in [1.29, 1.82) is 5.39 Å². The third-order valence-electron chi connectivity index (χ3n) is 2.63. The average Bonchev–Trinajstić information content (AvgIpc) is 2.54. The average molecular weight is 375 g/mol. The second-order valence-electron chi connectivity index (χ2n) is 4.38. The quantitative estimate of drug-likeness (QED) is 0.494. The summed E-state index contributed by atoms with van der Waals surface area (Å²) in [4.78, 5) is 3.14. The molecule has 11 heteroatoms. The lowest BCUT2D eigenvalue weighted by Crippen LogP contribution is -2.21. The smallest absolute Gasteiger partial charge is 0.485 e. The van der Waals surface area contributed by atoms with Crippen molar-refractivity contribution in [2.45, 2.75) is 5.51 Å². The molecule has 0 unspecified atom stereocenters. The molecule has 0 radical (unpaired) electrons. The molecule has 1 N–H and O–H groups in total. The SMILES string of the molecule is COc1cc(Nc2ccccc2)ccc1[N+]#N.O=S(=O)([O-])C(F)(F)F. The number of benzene rings is 2. The van der Waals surface area contributed by atoms with Gasteiger partial charge in [-0.3, -0.25) is 0 Å². The van der Waals surface area contributed by atoms with Gasteiger partial charge in [0.15, 0.2) is 15.1 Å². The molecule has 2 aromatic rings. The summed E-state index contributed by atoms with van der Waals surface area (Å²) in [6, 6.07) is 15.1. The van der Waals surface area contributed by atoms with Crippen molar-refractivity contribution in [3.8, 4) is 5.75 Å². The zero-order chi connectivity index (χ0) is 19.1. The summed E-state index contributed by atoms with van der Waals surface area (Å²) >= 11 is 0. The topological polar surface area (TPSA) is 107 Å². The first-order chi connectivity index (χ1) is 11.6. The van der Waals surface area contributed by atoms with E-state index in [1.54, 1.807) is 12.1 Å². The van der Waals surface area contributed by atoms with Gasteiger partial charge in [-0.25, -0.2) is 8.42 Å². The van der Waals surface area contributed by atoms with Crippen molar-refractivity contribution >= 4 is 27.2 Å². The summed E-state index contributed by atoms with van der Waals surface area (Å²) in [6.45, 7) is 0. The molecule has 0 aliphatic rings. The van der Waals surface area contributed by atoms with Gasteiger partial charge in [-0.15, -0.1) is 0 Å². The Morgan fingerprint density at radius 3 is 2.12 bits per heavy atom. The summed E-state index contributed by atoms with van der Waals surface area (Å²) in [5.41, 5.74) is -3.37. The molecule has 0 bridgehead atoms. The molecular weight excluding hydrogens is 363 g/mol. The number of ether oxygens (including phenoxy) is 1. The van der Waals surface area contributed by atoms with E-state index in [0.717, 1.165) is 11.4 Å². The van der Waals surface area contributed by atoms with Crippen molar-refractivity contribution in [1.82, 2.24) is 0 Å². The zero-order valence-corrected chi connectivity index (χ0v) is 13.5. The fourth-order valence-corrected chi connectivity index (χ4v) is 1.53. The van der Waals surface area contributed by atoms with Crippen molar-refractivity contribution in [2.75, 3.05) is 12.4 Å². The highest BCUT2D eigenvalue weighted by Gasteiger charge is 2.36. The molecule has 0 heterocycles. The fraction of sp³-hybridized carbons (Fsp3) is 0.143. The Morgan fingerprint density at radius 2 is 1.68 bits per heavy atom. The largest absolute Gasteiger partial charge is 0.741 e. The molecule has 25 heavy (non-hydrogen) atoms. The van der Waals surface area contributed by atoms with Crippen LogP contribution in [0.3, 0.4) is 0 Å². The minimum atomic E-state index is -6.09. The number of para-hydroxylation sites is 1. The van der Waals surface area contributed by atoms with Crippen LogP contribution in [-0.4, -0.2) is 25.6 Å². The van der Waals surface area contributed by atoms with Gasteiger partial charge < -0.3 is 14.6 Å². The standard InChI is InChI=1S/C13H12N3O.CHF3O3S/c1-17-13-9-11(7-8-12(13)16-14)15-10-5-3-2-4-6-10;2-1(3,4)8(5,6)7/h2-9,15H,1H3;(H,5,6,7)/q+1;/p-1. The normalized spacial score (nSPS) is 10.9. The van der Waals surface area contributed by atoms with E-state index in [9.17, 15) is 13.2 Å². The van der Waals surface area contributed by atoms with E-state index >= 15 is 0 Å². The molecule has 0 spiro atoms. The predicted molar refractivity (Wildman–Crippen MR) is 83.2 cm³/mol. The first kappa shape index (κ1) is 20.2. The third kappa shape index (κ3) is 6.28. The van der Waals surface area contributed by atoms with E-state index in [4.69, 9.17) is 23.1 Å². The van der Waals surface area contributed by atoms with E-state index in [1.807, 2.05) is 36.4 Å². The number of hydrogen-bond acceptors (Lipinski definition) is 6. The van der Waals surface area contributed by atoms with Gasteiger partial charge in [0.2, 0.25) is 11.1 Å². The lowest BCUT2D eigenvalue weighted by molar-refractivity contribution is -0.0517. The molecule has 2 aromatic carbocycles. The number of hydrogen-bond donors (Lipinski definition) is 1. The van der Waals surface area contributed by atoms with E-state index in [1.165, 1.54) is 7.11 Å². The van der Waals surface area contributed by atoms with Crippen LogP contribution in [0.25, 0.3) is 4.98 Å². The Bertz CT molecular complexity index is 850. The molecule has 0 saturated carbocycles. The number of diazo groups is 1. The molecular formula is C14H12F3N3O4S. The molecule has 0 aliphatic heterocycles. The number of alkyl halides is 3. The van der Waals surface area contributed by atoms with Gasteiger partial charge >= 0.3 is 11.2 Å². The first-order valence-corrected chi connectivity index (χ1v) is 7.86. The third-order valence-corrected chi connectivity index (χ3v) is 3.20. The molecule has 134 valence electrons. The second kappa shape index (κ2) is 8.32. The minimum Gasteiger partial charge on any atom is -0.741 e. The van der Waals surface area contributed by atoms with Crippen molar-refractivity contribution in [3.05, 3.63) is 53.5 Å². The van der Waals surface area contributed by atoms with Gasteiger partial charge in [-0.2, -0.15) is 13.2 Å². The van der Waals surface area contributed by atoms with Crippen LogP contribution in [0.4, 0.5) is 30.2 Å². The number of rotatable bonds is 3. The number of anilines is 2. The van der Waals surface area contributed by atoms with Crippen LogP contribution >= 0.6 is 0 Å². The summed E-state index contributed by atoms with van der Waals surface area (Å²) in [5, 5.41) is 12.0. The summed E-state index contributed by atoms with van der Waals surface area (Å²) in [6.07, 6.45) is 0. The highest BCUT2D eigenvalue weighted by atomic mass is 32.2. The molecule has 0 atom stereocenters. The van der Waals surface area contributed by atoms with Gasteiger partial charge in [-0.05, 0) is 18.2 Å². The monoisotopic (exact) mass is 375 g/mol. The van der Waals surface area contributed by atoms with Crippen LogP contribution in [0.15, 0.2) is 48.5 Å². The van der Waals surface area contributed by atoms with Crippen LogP contribution in [0.1, 0.15) is 0 Å². The molecule has 0 aromatic heterocycles. The van der Waals surface area contributed by atoms with E-state index in [2.05, 4.69) is 10.3 Å². The fourth-order valence-electron chi connectivity index (χ4n) is 1.53. The molecule has 2 rings (SSSR count). The number of nitrogens with zero attached hydrogens (tertiary/aromatic N) is 2. The van der Waals surface area contributed by atoms with Crippen LogP contribution < -0.4 is 10.1 Å². The van der Waals surface area contributed by atoms with Crippen molar-refractivity contribution in [3.63, 3.8) is 0 Å². The van der Waals surface area contributed by atoms with Crippen LogP contribution in [0.5, 0.6) is 5.75 Å². The highest BCUT2D eigenvalue weighted by molar-refractivity contribution is 7.86. The second-order valence-corrected chi connectivity index (χ2v) is 5.75. The number of halogens is 3. The maximum atomic E-state index is 10.7. The van der Waals surface area contributed by atoms with Crippen molar-refractivity contribution in [2.24, 2.45) is 0 Å². The Hall–Kier alpha value is -2.84. The maximum absolute atomic E-state index is 10.7. The van der Waals surface area contributed by atoms with Gasteiger partial charge in [0.05, 0.1) is 7.11 Å². The van der Waals surface area contributed by atoms with E-state index in [-0.39, 0.29) is 0 Å². The molecule has 0 amide bonds. The zero-order valence-electron chi connectivity index (χ0n) is 12.7. The Balaban J connectivity index is 0.000000333. The highest BCUT2D eigenvalue weighted by Crippen LogP contribution is 2.31. The first-order valence-electron chi connectivity index (χ1n) is 6.46. The lowest BCUT2D eigenvalue weighted by atomic mass is 10.2. The minimum absolute atomic E-state index is 0.408. The van der Waals surface area contributed by atoms with E-state index in [0.29, 0.717) is 11.4 Å². The summed E-state index contributed by atoms with van der Waals surface area (Å²) in [7, 11) is -4.55. The Kier molecular flexibility index (Phi) is 6.72. The van der Waals surface area contributed by atoms with Crippen molar-refractivity contribution < 1.29 is 30.9 Å². The maximum Gasteiger partial charge on any atom is 0.485 e. The molecule has 0 aliphatic carbocycles. The van der Waals surface area contributed by atoms with Crippen LogP contribution in [-0.2, 0) is 10.1 Å². The number of methoxy groups -OCH3 is 1. The van der Waals surface area contributed by atoms with Gasteiger partial charge in [0.1, 0.15) is 0 Å². The van der Waals surface area contributed by atoms with Gasteiger partial charge in [0, 0.05) is 23.5 Å². The van der Waals surface area contributed by atoms with Crippen LogP contribution in [0, 0.1) is 5.39 Å². The lowest BCUT2D eigenvalue weighted by Gasteiger charge is -2.08. The van der Waals surface area contributed by atoms with Crippen LogP contribution in [0.2, 0.25) is 0 Å². The molecule has 0 fully saturated rings. The van der Waals surface area contributed by atoms with Gasteiger partial charge in [0.25, 0.3) is 0 Å². The summed E-state index contributed by atoms with van der Waals surface area (Å²) in [5.74, 6) is 0.522. The number of nitrogens with one attached hydrogen (secondary N) is 1. The molecule has 7 nitrogen and oxygen atoms in total. The van der Waals surface area contributed by atoms with E-state index < -0.39 is 15.6 Å². The Morgan fingerprint density at radius 1 is 1.12 bits per heavy atom. The summed E-state index contributed by atoms with van der Waals surface area (Å²) < 4.78 is 64.0.